The van der Waals surface area contributed by atoms with E-state index in [0.717, 1.165) is 5.75 Å². The van der Waals surface area contributed by atoms with Crippen molar-refractivity contribution in [1.82, 2.24) is 0 Å². The van der Waals surface area contributed by atoms with Crippen LogP contribution in [0.3, 0.4) is 0 Å². The molecule has 1 heterocycles. The van der Waals surface area contributed by atoms with E-state index >= 15 is 0 Å². The maximum atomic E-state index is 5.34. The number of benzene rings is 1. The molecule has 0 saturated heterocycles. The summed E-state index contributed by atoms with van der Waals surface area (Å²) in [6, 6.07) is 8.03. The fourth-order valence-corrected chi connectivity index (χ4v) is 1.06. The van der Waals surface area contributed by atoms with E-state index < -0.39 is 0 Å². The molecule has 1 aliphatic heterocycles. The van der Waals surface area contributed by atoms with Crippen LogP contribution in [0.1, 0.15) is 5.56 Å². The maximum absolute atomic E-state index is 5.34. The van der Waals surface area contributed by atoms with Crippen LogP contribution >= 0.6 is 0 Å². The Morgan fingerprint density at radius 2 is 1.92 bits per heavy atom. The van der Waals surface area contributed by atoms with Gasteiger partial charge < -0.3 is 18.2 Å². The predicted molar refractivity (Wildman–Crippen MR) is 48.3 cm³/mol. The molecular weight excluding hydrogens is 212 g/mol. The maximum Gasteiger partial charge on any atom is 2.00 e. The molecule has 0 atom stereocenters. The number of para-hydroxylation sites is 1. The summed E-state index contributed by atoms with van der Waals surface area (Å²) in [7, 11) is 0. The molecule has 12 heavy (non-hydrogen) atoms. The molecule has 0 spiro atoms. The Bertz CT molecular complexity index is 273. The minimum atomic E-state index is 0. The first-order valence-corrected chi connectivity index (χ1v) is 3.35. The van der Waals surface area contributed by atoms with Crippen molar-refractivity contribution < 1.29 is 21.8 Å². The molecular formula is C9H8FeOS. The second-order valence-corrected chi connectivity index (χ2v) is 2.25. The van der Waals surface area contributed by atoms with Crippen LogP contribution in [0, 0.1) is 0 Å². The molecule has 1 aliphatic rings. The molecule has 0 bridgehead atoms. The van der Waals surface area contributed by atoms with Crippen LogP contribution in [0.5, 0.6) is 5.75 Å². The summed E-state index contributed by atoms with van der Waals surface area (Å²) in [6.45, 7) is 0.705. The Hall–Kier alpha value is -0.371. The zero-order valence-electron chi connectivity index (χ0n) is 6.34. The van der Waals surface area contributed by atoms with Crippen LogP contribution < -0.4 is 4.74 Å². The Balaban J connectivity index is 0.000000605. The van der Waals surface area contributed by atoms with Crippen molar-refractivity contribution >= 4 is 19.6 Å². The van der Waals surface area contributed by atoms with Crippen LogP contribution in [0.4, 0.5) is 0 Å². The van der Waals surface area contributed by atoms with Gasteiger partial charge in [0, 0.05) is 5.56 Å². The zero-order valence-corrected chi connectivity index (χ0v) is 8.26. The van der Waals surface area contributed by atoms with Gasteiger partial charge in [-0.2, -0.15) is 0 Å². The number of fused-ring (bicyclic) bond motifs is 1. The normalized spacial score (nSPS) is 11.7. The third-order valence-corrected chi connectivity index (χ3v) is 1.55. The van der Waals surface area contributed by atoms with E-state index in [4.69, 9.17) is 4.74 Å². The van der Waals surface area contributed by atoms with Gasteiger partial charge in [-0.15, -0.1) is 0 Å². The van der Waals surface area contributed by atoms with E-state index in [1.54, 1.807) is 0 Å². The van der Waals surface area contributed by atoms with Gasteiger partial charge in [-0.25, -0.2) is 0 Å². The fourth-order valence-electron chi connectivity index (χ4n) is 1.06. The van der Waals surface area contributed by atoms with Crippen molar-refractivity contribution in [2.45, 2.75) is 0 Å². The zero-order chi connectivity index (χ0) is 6.81. The van der Waals surface area contributed by atoms with Gasteiger partial charge in [0.1, 0.15) is 12.4 Å². The van der Waals surface area contributed by atoms with Crippen LogP contribution in [-0.4, -0.2) is 6.61 Å². The molecule has 0 aromatic heterocycles. The molecule has 0 aliphatic carbocycles. The first-order chi connectivity index (χ1) is 4.97. The third kappa shape index (κ3) is 2.31. The molecule has 1 aromatic rings. The summed E-state index contributed by atoms with van der Waals surface area (Å²) in [5.41, 5.74) is 1.17. The summed E-state index contributed by atoms with van der Waals surface area (Å²) < 4.78 is 5.34. The number of rotatable bonds is 0. The van der Waals surface area contributed by atoms with Gasteiger partial charge in [-0.1, -0.05) is 24.3 Å². The average Bonchev–Trinajstić information content (AvgIpc) is 2.05. The largest absolute Gasteiger partial charge is 2.00 e. The Kier molecular flexibility index (Phi) is 5.14. The van der Waals surface area contributed by atoms with Crippen LogP contribution in [0.2, 0.25) is 0 Å². The summed E-state index contributed by atoms with van der Waals surface area (Å²) in [5, 5.41) is 0. The number of ether oxygens (including phenoxy) is 1. The van der Waals surface area contributed by atoms with Gasteiger partial charge in [0.2, 0.25) is 0 Å². The minimum Gasteiger partial charge on any atom is -2.00 e. The molecule has 0 radical (unpaired) electrons. The second kappa shape index (κ2) is 5.31. The van der Waals surface area contributed by atoms with Crippen LogP contribution in [0.25, 0.3) is 6.08 Å². The number of hydrogen-bond acceptors (Lipinski definition) is 1. The SMILES string of the molecule is C1=Cc2ccccc2OC1.[Fe+2].[S-2]. The quantitative estimate of drug-likeness (QED) is 0.608. The monoisotopic (exact) mass is 220 g/mol. The van der Waals surface area contributed by atoms with Gasteiger partial charge in [-0.3, -0.25) is 0 Å². The standard InChI is InChI=1S/C9H8O.Fe.S/c1-2-6-9-8(4-1)5-3-7-10-9;;/h1-6H,7H2;;/q;+2;-2. The Morgan fingerprint density at radius 1 is 1.17 bits per heavy atom. The Labute approximate surface area is 89.7 Å². The summed E-state index contributed by atoms with van der Waals surface area (Å²) in [6.07, 6.45) is 4.10. The second-order valence-electron chi connectivity index (χ2n) is 2.25. The van der Waals surface area contributed by atoms with Crippen LogP contribution in [0.15, 0.2) is 30.3 Å². The third-order valence-electron chi connectivity index (χ3n) is 1.55. The molecule has 0 unspecified atom stereocenters. The van der Waals surface area contributed by atoms with Gasteiger partial charge >= 0.3 is 17.1 Å². The Morgan fingerprint density at radius 3 is 2.67 bits per heavy atom. The van der Waals surface area contributed by atoms with Gasteiger partial charge in [0.25, 0.3) is 0 Å². The van der Waals surface area contributed by atoms with Crippen molar-refractivity contribution in [3.63, 3.8) is 0 Å². The van der Waals surface area contributed by atoms with E-state index in [0.29, 0.717) is 6.61 Å². The van der Waals surface area contributed by atoms with E-state index in [-0.39, 0.29) is 30.6 Å². The van der Waals surface area contributed by atoms with Crippen molar-refractivity contribution in [3.8, 4) is 5.75 Å². The molecule has 0 amide bonds. The van der Waals surface area contributed by atoms with Crippen molar-refractivity contribution in [1.29, 1.82) is 0 Å². The fraction of sp³-hybridized carbons (Fsp3) is 0.111. The molecule has 0 N–H and O–H groups in total. The summed E-state index contributed by atoms with van der Waals surface area (Å²) >= 11 is 0. The van der Waals surface area contributed by atoms with Gasteiger partial charge in [-0.05, 0) is 12.1 Å². The van der Waals surface area contributed by atoms with Crippen LogP contribution in [-0.2, 0) is 30.6 Å². The number of hydrogen-bond donors (Lipinski definition) is 0. The average molecular weight is 220 g/mol. The van der Waals surface area contributed by atoms with E-state index in [9.17, 15) is 0 Å². The molecule has 1 nitrogen and oxygen atoms in total. The van der Waals surface area contributed by atoms with E-state index in [1.165, 1.54) is 5.56 Å². The van der Waals surface area contributed by atoms with E-state index in [2.05, 4.69) is 6.08 Å². The first-order valence-electron chi connectivity index (χ1n) is 3.35. The molecule has 3 heteroatoms. The predicted octanol–water partition coefficient (Wildman–Crippen LogP) is 2.09. The van der Waals surface area contributed by atoms with E-state index in [1.807, 2.05) is 30.3 Å². The van der Waals surface area contributed by atoms with Crippen molar-refractivity contribution in [3.05, 3.63) is 35.9 Å². The summed E-state index contributed by atoms with van der Waals surface area (Å²) in [5.74, 6) is 0.991. The smallest absolute Gasteiger partial charge is 2.00 e. The topological polar surface area (TPSA) is 9.23 Å². The van der Waals surface area contributed by atoms with Crippen molar-refractivity contribution in [2.24, 2.45) is 0 Å². The molecule has 0 fully saturated rings. The molecule has 2 rings (SSSR count). The van der Waals surface area contributed by atoms with Gasteiger partial charge in [0.15, 0.2) is 0 Å². The molecule has 0 saturated carbocycles. The van der Waals surface area contributed by atoms with Crippen molar-refractivity contribution in [2.75, 3.05) is 6.61 Å². The summed E-state index contributed by atoms with van der Waals surface area (Å²) in [4.78, 5) is 0. The van der Waals surface area contributed by atoms with Gasteiger partial charge in [0.05, 0.1) is 0 Å². The minimum absolute atomic E-state index is 0. The first kappa shape index (κ1) is 11.6. The molecule has 1 aromatic carbocycles. The molecule has 64 valence electrons.